The van der Waals surface area contributed by atoms with Gasteiger partial charge in [0.1, 0.15) is 5.75 Å². The van der Waals surface area contributed by atoms with Crippen molar-refractivity contribution in [3.05, 3.63) is 29.3 Å². The average molecular weight is 236 g/mol. The summed E-state index contributed by atoms with van der Waals surface area (Å²) in [5.41, 5.74) is 7.56. The van der Waals surface area contributed by atoms with Gasteiger partial charge in [-0.1, -0.05) is 19.1 Å². The number of benzene rings is 1. The number of hydrogen-bond acceptors (Lipinski definition) is 3. The highest BCUT2D eigenvalue weighted by Gasteiger charge is 2.04. The molecule has 0 aromatic heterocycles. The first-order chi connectivity index (χ1) is 8.17. The van der Waals surface area contributed by atoms with Crippen LogP contribution in [-0.4, -0.2) is 19.1 Å². The van der Waals surface area contributed by atoms with Gasteiger partial charge in [-0.2, -0.15) is 0 Å². The maximum absolute atomic E-state index is 11.4. The summed E-state index contributed by atoms with van der Waals surface area (Å²) in [6.07, 6.45) is 0.924. The maximum atomic E-state index is 11.4. The molecule has 0 atom stereocenters. The lowest BCUT2D eigenvalue weighted by Gasteiger charge is -2.10. The van der Waals surface area contributed by atoms with Crippen molar-refractivity contribution < 1.29 is 9.53 Å². The molecule has 0 saturated heterocycles. The summed E-state index contributed by atoms with van der Waals surface area (Å²) in [6.45, 7) is 5.16. The van der Waals surface area contributed by atoms with Crippen LogP contribution in [0.15, 0.2) is 18.2 Å². The summed E-state index contributed by atoms with van der Waals surface area (Å²) in [6, 6.07) is 5.78. The molecule has 1 aromatic carbocycles. The Morgan fingerprint density at radius 3 is 2.88 bits per heavy atom. The highest BCUT2D eigenvalue weighted by molar-refractivity contribution is 5.77. The highest BCUT2D eigenvalue weighted by atomic mass is 16.5. The third-order valence-corrected chi connectivity index (χ3v) is 2.42. The number of nitrogens with two attached hydrogens (primary N) is 1. The SMILES string of the molecule is CCCNC(=O)COc1cc(CN)ccc1C. The van der Waals surface area contributed by atoms with Crippen LogP contribution in [0.5, 0.6) is 5.75 Å². The van der Waals surface area contributed by atoms with Crippen LogP contribution in [0.1, 0.15) is 24.5 Å². The van der Waals surface area contributed by atoms with E-state index in [9.17, 15) is 4.79 Å². The van der Waals surface area contributed by atoms with Crippen LogP contribution in [0, 0.1) is 6.92 Å². The smallest absolute Gasteiger partial charge is 0.257 e. The topological polar surface area (TPSA) is 64.3 Å². The van der Waals surface area contributed by atoms with Crippen LogP contribution in [0.25, 0.3) is 0 Å². The lowest BCUT2D eigenvalue weighted by Crippen LogP contribution is -2.29. The van der Waals surface area contributed by atoms with Gasteiger partial charge in [-0.3, -0.25) is 4.79 Å². The quantitative estimate of drug-likeness (QED) is 0.783. The minimum atomic E-state index is -0.0931. The number of rotatable bonds is 6. The molecule has 4 heteroatoms. The van der Waals surface area contributed by atoms with E-state index >= 15 is 0 Å². The number of hydrogen-bond donors (Lipinski definition) is 2. The summed E-state index contributed by atoms with van der Waals surface area (Å²) in [7, 11) is 0. The van der Waals surface area contributed by atoms with Crippen molar-refractivity contribution in [3.8, 4) is 5.75 Å². The van der Waals surface area contributed by atoms with E-state index < -0.39 is 0 Å². The second-order valence-electron chi connectivity index (χ2n) is 3.94. The van der Waals surface area contributed by atoms with E-state index in [0.717, 1.165) is 23.3 Å². The molecule has 0 bridgehead atoms. The van der Waals surface area contributed by atoms with Crippen molar-refractivity contribution in [1.82, 2.24) is 5.32 Å². The van der Waals surface area contributed by atoms with E-state index in [4.69, 9.17) is 10.5 Å². The van der Waals surface area contributed by atoms with Gasteiger partial charge in [0.25, 0.3) is 5.91 Å². The first kappa shape index (κ1) is 13.5. The third-order valence-electron chi connectivity index (χ3n) is 2.42. The van der Waals surface area contributed by atoms with Crippen molar-refractivity contribution >= 4 is 5.91 Å². The first-order valence-electron chi connectivity index (χ1n) is 5.86. The molecule has 1 amide bonds. The number of carbonyl (C=O) groups is 1. The fourth-order valence-electron chi connectivity index (χ4n) is 1.39. The summed E-state index contributed by atoms with van der Waals surface area (Å²) in [4.78, 5) is 11.4. The molecule has 0 spiro atoms. The van der Waals surface area contributed by atoms with Crippen LogP contribution >= 0.6 is 0 Å². The van der Waals surface area contributed by atoms with Gasteiger partial charge in [0.05, 0.1) is 0 Å². The molecule has 0 aliphatic heterocycles. The molecule has 0 unspecified atom stereocenters. The van der Waals surface area contributed by atoms with Gasteiger partial charge >= 0.3 is 0 Å². The monoisotopic (exact) mass is 236 g/mol. The van der Waals surface area contributed by atoms with E-state index in [0.29, 0.717) is 13.1 Å². The molecule has 0 radical (unpaired) electrons. The minimum Gasteiger partial charge on any atom is -0.483 e. The van der Waals surface area contributed by atoms with E-state index in [1.165, 1.54) is 0 Å². The van der Waals surface area contributed by atoms with Gasteiger partial charge in [-0.05, 0) is 30.5 Å². The van der Waals surface area contributed by atoms with Gasteiger partial charge in [-0.25, -0.2) is 0 Å². The number of carbonyl (C=O) groups excluding carboxylic acids is 1. The van der Waals surface area contributed by atoms with Crippen LogP contribution in [0.2, 0.25) is 0 Å². The molecule has 0 saturated carbocycles. The molecule has 3 N–H and O–H groups in total. The Balaban J connectivity index is 2.53. The predicted octanol–water partition coefficient (Wildman–Crippen LogP) is 1.36. The largest absolute Gasteiger partial charge is 0.483 e. The summed E-state index contributed by atoms with van der Waals surface area (Å²) in [5, 5.41) is 2.76. The van der Waals surface area contributed by atoms with Gasteiger partial charge in [-0.15, -0.1) is 0 Å². The van der Waals surface area contributed by atoms with Gasteiger partial charge in [0, 0.05) is 13.1 Å². The van der Waals surface area contributed by atoms with E-state index in [2.05, 4.69) is 5.32 Å². The molecule has 0 fully saturated rings. The Labute approximate surface area is 102 Å². The molecular formula is C13H20N2O2. The molecule has 4 nitrogen and oxygen atoms in total. The average Bonchev–Trinajstić information content (AvgIpc) is 2.35. The first-order valence-corrected chi connectivity index (χ1v) is 5.86. The molecule has 0 aliphatic carbocycles. The Hall–Kier alpha value is -1.55. The number of amides is 1. The minimum absolute atomic E-state index is 0.0505. The zero-order chi connectivity index (χ0) is 12.7. The standard InChI is InChI=1S/C13H20N2O2/c1-3-6-15-13(16)9-17-12-7-11(8-14)5-4-10(12)2/h4-5,7H,3,6,8-9,14H2,1-2H3,(H,15,16). The third kappa shape index (κ3) is 4.44. The predicted molar refractivity (Wildman–Crippen MR) is 67.9 cm³/mol. The molecule has 0 heterocycles. The lowest BCUT2D eigenvalue weighted by atomic mass is 10.1. The second-order valence-corrected chi connectivity index (χ2v) is 3.94. The zero-order valence-corrected chi connectivity index (χ0v) is 10.5. The highest BCUT2D eigenvalue weighted by Crippen LogP contribution is 2.19. The number of aryl methyl sites for hydroxylation is 1. The lowest BCUT2D eigenvalue weighted by molar-refractivity contribution is -0.123. The van der Waals surface area contributed by atoms with Crippen molar-refractivity contribution in [2.75, 3.05) is 13.2 Å². The molecular weight excluding hydrogens is 216 g/mol. The Morgan fingerprint density at radius 2 is 2.24 bits per heavy atom. The summed E-state index contributed by atoms with van der Waals surface area (Å²) < 4.78 is 5.47. The van der Waals surface area contributed by atoms with E-state index in [-0.39, 0.29) is 12.5 Å². The van der Waals surface area contributed by atoms with Crippen LogP contribution in [-0.2, 0) is 11.3 Å². The van der Waals surface area contributed by atoms with Crippen molar-refractivity contribution in [2.45, 2.75) is 26.8 Å². The molecule has 0 aliphatic rings. The maximum Gasteiger partial charge on any atom is 0.257 e. The normalized spacial score (nSPS) is 10.1. The van der Waals surface area contributed by atoms with Crippen molar-refractivity contribution in [3.63, 3.8) is 0 Å². The fraction of sp³-hybridized carbons (Fsp3) is 0.462. The van der Waals surface area contributed by atoms with E-state index in [1.54, 1.807) is 0 Å². The fourth-order valence-corrected chi connectivity index (χ4v) is 1.39. The molecule has 94 valence electrons. The Kier molecular flexibility index (Phi) is 5.49. The second kappa shape index (κ2) is 6.91. The van der Waals surface area contributed by atoms with Crippen LogP contribution in [0.3, 0.4) is 0 Å². The van der Waals surface area contributed by atoms with Crippen molar-refractivity contribution in [1.29, 1.82) is 0 Å². The summed E-state index contributed by atoms with van der Waals surface area (Å²) in [5.74, 6) is 0.629. The zero-order valence-electron chi connectivity index (χ0n) is 10.5. The van der Waals surface area contributed by atoms with Gasteiger partial charge < -0.3 is 15.8 Å². The molecule has 1 rings (SSSR count). The van der Waals surface area contributed by atoms with Gasteiger partial charge in [0.15, 0.2) is 6.61 Å². The van der Waals surface area contributed by atoms with Gasteiger partial charge in [0.2, 0.25) is 0 Å². The van der Waals surface area contributed by atoms with Crippen molar-refractivity contribution in [2.24, 2.45) is 5.73 Å². The Bertz CT molecular complexity index is 378. The number of ether oxygens (including phenoxy) is 1. The van der Waals surface area contributed by atoms with E-state index in [1.807, 2.05) is 32.0 Å². The summed E-state index contributed by atoms with van der Waals surface area (Å²) >= 11 is 0. The van der Waals surface area contributed by atoms with Crippen LogP contribution < -0.4 is 15.8 Å². The number of nitrogens with one attached hydrogen (secondary N) is 1. The molecule has 1 aromatic rings. The molecule has 17 heavy (non-hydrogen) atoms. The Morgan fingerprint density at radius 1 is 1.47 bits per heavy atom. The van der Waals surface area contributed by atoms with Crippen LogP contribution in [0.4, 0.5) is 0 Å².